The first-order chi connectivity index (χ1) is 13.7. The third-order valence-corrected chi connectivity index (χ3v) is 4.64. The number of aromatic nitrogens is 3. The summed E-state index contributed by atoms with van der Waals surface area (Å²) in [5.74, 6) is 1.39. The molecule has 28 heavy (non-hydrogen) atoms. The van der Waals surface area contributed by atoms with Gasteiger partial charge in [0.05, 0.1) is 5.71 Å². The predicted molar refractivity (Wildman–Crippen MR) is 114 cm³/mol. The Balaban J connectivity index is 1.50. The second kappa shape index (κ2) is 7.88. The molecule has 0 bridgehead atoms. The van der Waals surface area contributed by atoms with E-state index >= 15 is 0 Å². The number of rotatable bonds is 5. The minimum absolute atomic E-state index is 0.596. The molecule has 4 rings (SSSR count). The number of anilines is 1. The predicted octanol–water partition coefficient (Wildman–Crippen LogP) is 4.99. The summed E-state index contributed by atoms with van der Waals surface area (Å²) in [5, 5.41) is 12.9. The molecule has 3 aromatic carbocycles. The number of benzene rings is 3. The topological polar surface area (TPSA) is 55.1 Å². The van der Waals surface area contributed by atoms with E-state index in [1.54, 1.807) is 0 Å². The first-order valence-corrected chi connectivity index (χ1v) is 9.13. The SMILES string of the molecule is C/C(=N\Nc1nnc(-c2ccccc2)n1C)c1ccc(-c2ccccc2)cc1. The Labute approximate surface area is 164 Å². The van der Waals surface area contributed by atoms with E-state index in [9.17, 15) is 0 Å². The molecule has 0 amide bonds. The largest absolute Gasteiger partial charge is 0.295 e. The molecule has 138 valence electrons. The standard InChI is InChI=1S/C23H21N5/c1-17(18-13-15-20(16-14-18)19-9-5-3-6-10-19)24-26-23-27-25-22(28(23)2)21-11-7-4-8-12-21/h3-16H,1-2H3,(H,26,27)/b24-17+. The molecule has 5 nitrogen and oxygen atoms in total. The van der Waals surface area contributed by atoms with Crippen LogP contribution in [0.15, 0.2) is 90.0 Å². The van der Waals surface area contributed by atoms with Crippen molar-refractivity contribution in [3.05, 3.63) is 90.5 Å². The summed E-state index contributed by atoms with van der Waals surface area (Å²) in [6.45, 7) is 1.97. The van der Waals surface area contributed by atoms with Gasteiger partial charge in [0.25, 0.3) is 0 Å². The molecule has 0 aliphatic heterocycles. The first-order valence-electron chi connectivity index (χ1n) is 9.13. The molecule has 1 N–H and O–H groups in total. The maximum Gasteiger partial charge on any atom is 0.245 e. The smallest absolute Gasteiger partial charge is 0.245 e. The highest BCUT2D eigenvalue weighted by Crippen LogP contribution is 2.20. The fourth-order valence-corrected chi connectivity index (χ4v) is 3.00. The molecule has 0 atom stereocenters. The number of hydrogen-bond donors (Lipinski definition) is 1. The van der Waals surface area contributed by atoms with Gasteiger partial charge in [-0.15, -0.1) is 10.2 Å². The van der Waals surface area contributed by atoms with Crippen molar-refractivity contribution in [2.45, 2.75) is 6.92 Å². The van der Waals surface area contributed by atoms with Crippen molar-refractivity contribution in [2.24, 2.45) is 12.1 Å². The van der Waals surface area contributed by atoms with Gasteiger partial charge in [-0.25, -0.2) is 5.43 Å². The van der Waals surface area contributed by atoms with Crippen molar-refractivity contribution >= 4 is 11.7 Å². The third-order valence-electron chi connectivity index (χ3n) is 4.64. The molecule has 0 radical (unpaired) electrons. The molecule has 0 fully saturated rings. The Morgan fingerprint density at radius 2 is 1.32 bits per heavy atom. The zero-order chi connectivity index (χ0) is 19.3. The molecule has 0 spiro atoms. The van der Waals surface area contributed by atoms with E-state index in [4.69, 9.17) is 0 Å². The lowest BCUT2D eigenvalue weighted by molar-refractivity contribution is 0.917. The highest BCUT2D eigenvalue weighted by Gasteiger charge is 2.10. The van der Waals surface area contributed by atoms with Gasteiger partial charge in [-0.3, -0.25) is 4.57 Å². The Morgan fingerprint density at radius 3 is 1.96 bits per heavy atom. The van der Waals surface area contributed by atoms with Gasteiger partial charge in [-0.2, -0.15) is 5.10 Å². The average Bonchev–Trinajstić information content (AvgIpc) is 3.13. The van der Waals surface area contributed by atoms with Crippen molar-refractivity contribution in [3.63, 3.8) is 0 Å². The van der Waals surface area contributed by atoms with Crippen molar-refractivity contribution in [1.82, 2.24) is 14.8 Å². The van der Waals surface area contributed by atoms with Gasteiger partial charge in [-0.05, 0) is 23.6 Å². The highest BCUT2D eigenvalue weighted by atomic mass is 15.4. The van der Waals surface area contributed by atoms with Crippen LogP contribution in [0.2, 0.25) is 0 Å². The number of nitrogens with one attached hydrogen (secondary N) is 1. The lowest BCUT2D eigenvalue weighted by Crippen LogP contribution is -2.04. The van der Waals surface area contributed by atoms with Gasteiger partial charge in [0.15, 0.2) is 5.82 Å². The van der Waals surface area contributed by atoms with Crippen LogP contribution in [0.5, 0.6) is 0 Å². The van der Waals surface area contributed by atoms with Crippen LogP contribution in [0.25, 0.3) is 22.5 Å². The molecule has 0 unspecified atom stereocenters. The maximum absolute atomic E-state index is 4.48. The van der Waals surface area contributed by atoms with Gasteiger partial charge >= 0.3 is 0 Å². The lowest BCUT2D eigenvalue weighted by atomic mass is 10.0. The van der Waals surface area contributed by atoms with E-state index in [1.807, 2.05) is 67.1 Å². The third kappa shape index (κ3) is 3.69. The van der Waals surface area contributed by atoms with Gasteiger partial charge in [0.1, 0.15) is 0 Å². The minimum Gasteiger partial charge on any atom is -0.295 e. The van der Waals surface area contributed by atoms with Crippen LogP contribution in [0.1, 0.15) is 12.5 Å². The summed E-state index contributed by atoms with van der Waals surface area (Å²) in [5.41, 5.74) is 8.36. The number of hydrazone groups is 1. The summed E-state index contributed by atoms with van der Waals surface area (Å²) < 4.78 is 1.89. The van der Waals surface area contributed by atoms with Gasteiger partial charge in [-0.1, -0.05) is 84.9 Å². The fraction of sp³-hybridized carbons (Fsp3) is 0.0870. The van der Waals surface area contributed by atoms with E-state index in [-0.39, 0.29) is 0 Å². The quantitative estimate of drug-likeness (QED) is 0.399. The molecule has 1 heterocycles. The summed E-state index contributed by atoms with van der Waals surface area (Å²) in [4.78, 5) is 0. The van der Waals surface area contributed by atoms with Crippen molar-refractivity contribution < 1.29 is 0 Å². The van der Waals surface area contributed by atoms with Gasteiger partial charge in [0.2, 0.25) is 5.95 Å². The van der Waals surface area contributed by atoms with Gasteiger partial charge < -0.3 is 0 Å². The molecular weight excluding hydrogens is 346 g/mol. The molecule has 0 aliphatic carbocycles. The van der Waals surface area contributed by atoms with E-state index < -0.39 is 0 Å². The summed E-state index contributed by atoms with van der Waals surface area (Å²) >= 11 is 0. The van der Waals surface area contributed by atoms with Crippen molar-refractivity contribution in [2.75, 3.05) is 5.43 Å². The zero-order valence-electron chi connectivity index (χ0n) is 15.9. The number of hydrogen-bond acceptors (Lipinski definition) is 4. The van der Waals surface area contributed by atoms with E-state index in [2.05, 4.69) is 57.1 Å². The average molecular weight is 367 g/mol. The molecule has 0 saturated carbocycles. The van der Waals surface area contributed by atoms with Crippen LogP contribution >= 0.6 is 0 Å². The number of nitrogens with zero attached hydrogens (tertiary/aromatic N) is 4. The van der Waals surface area contributed by atoms with Crippen LogP contribution in [0, 0.1) is 0 Å². The van der Waals surface area contributed by atoms with Crippen molar-refractivity contribution in [1.29, 1.82) is 0 Å². The van der Waals surface area contributed by atoms with E-state index in [0.717, 1.165) is 22.7 Å². The second-order valence-electron chi connectivity index (χ2n) is 6.52. The first kappa shape index (κ1) is 17.7. The van der Waals surface area contributed by atoms with Gasteiger partial charge in [0, 0.05) is 12.6 Å². The molecule has 4 aromatic rings. The highest BCUT2D eigenvalue weighted by molar-refractivity contribution is 5.99. The van der Waals surface area contributed by atoms with E-state index in [1.165, 1.54) is 11.1 Å². The van der Waals surface area contributed by atoms with E-state index in [0.29, 0.717) is 5.95 Å². The second-order valence-corrected chi connectivity index (χ2v) is 6.52. The van der Waals surface area contributed by atoms with Crippen LogP contribution in [0.4, 0.5) is 5.95 Å². The normalized spacial score (nSPS) is 11.4. The molecule has 0 aliphatic rings. The molecular formula is C23H21N5. The van der Waals surface area contributed by atoms with Crippen LogP contribution < -0.4 is 5.43 Å². The van der Waals surface area contributed by atoms with Crippen LogP contribution in [-0.4, -0.2) is 20.5 Å². The fourth-order valence-electron chi connectivity index (χ4n) is 3.00. The van der Waals surface area contributed by atoms with Crippen molar-refractivity contribution in [3.8, 4) is 22.5 Å². The van der Waals surface area contributed by atoms with Crippen LogP contribution in [0.3, 0.4) is 0 Å². The maximum atomic E-state index is 4.48. The summed E-state index contributed by atoms with van der Waals surface area (Å²) in [6.07, 6.45) is 0. The molecule has 1 aromatic heterocycles. The minimum atomic E-state index is 0.596. The Hall–Kier alpha value is -3.73. The molecule has 5 heteroatoms. The zero-order valence-corrected chi connectivity index (χ0v) is 15.9. The summed E-state index contributed by atoms with van der Waals surface area (Å²) in [6, 6.07) is 28.7. The Kier molecular flexibility index (Phi) is 4.97. The summed E-state index contributed by atoms with van der Waals surface area (Å²) in [7, 11) is 1.92. The van der Waals surface area contributed by atoms with Crippen LogP contribution in [-0.2, 0) is 7.05 Å². The Morgan fingerprint density at radius 1 is 0.750 bits per heavy atom. The monoisotopic (exact) mass is 367 g/mol. The molecule has 0 saturated heterocycles. The Bertz CT molecular complexity index is 1080. The lowest BCUT2D eigenvalue weighted by Gasteiger charge is -2.06.